The van der Waals surface area contributed by atoms with Crippen LogP contribution >= 0.6 is 11.3 Å². The summed E-state index contributed by atoms with van der Waals surface area (Å²) in [5.74, 6) is 0.0815. The van der Waals surface area contributed by atoms with E-state index in [1.54, 1.807) is 11.8 Å². The third-order valence-corrected chi connectivity index (χ3v) is 5.74. The first kappa shape index (κ1) is 17.9. The smallest absolute Gasteiger partial charge is 0.276 e. The number of amides is 1. The van der Waals surface area contributed by atoms with Gasteiger partial charge in [-0.25, -0.2) is 0 Å². The van der Waals surface area contributed by atoms with E-state index in [1.165, 1.54) is 9.78 Å². The molecule has 0 unspecified atom stereocenters. The summed E-state index contributed by atoms with van der Waals surface area (Å²) < 4.78 is 0. The second kappa shape index (κ2) is 7.91. The van der Waals surface area contributed by atoms with E-state index < -0.39 is 5.54 Å². The molecule has 1 atom stereocenters. The van der Waals surface area contributed by atoms with Crippen molar-refractivity contribution in [3.63, 3.8) is 0 Å². The van der Waals surface area contributed by atoms with Crippen LogP contribution in [0.2, 0.25) is 0 Å². The zero-order valence-electron chi connectivity index (χ0n) is 14.3. The summed E-state index contributed by atoms with van der Waals surface area (Å²) in [6.07, 6.45) is 0. The molecule has 0 aromatic carbocycles. The highest BCUT2D eigenvalue weighted by Gasteiger charge is 2.32. The number of thiophene rings is 1. The number of nitrogens with zero attached hydrogens (tertiary/aromatic N) is 1. The van der Waals surface area contributed by atoms with Gasteiger partial charge in [-0.15, -0.1) is 11.3 Å². The number of hydrogen-bond acceptors (Lipinski definition) is 3. The van der Waals surface area contributed by atoms with Gasteiger partial charge in [-0.1, -0.05) is 19.9 Å². The van der Waals surface area contributed by atoms with Gasteiger partial charge in [0.2, 0.25) is 0 Å². The molecular formula is C17H28N4OS+2. The van der Waals surface area contributed by atoms with E-state index in [4.69, 9.17) is 0 Å². The van der Waals surface area contributed by atoms with Gasteiger partial charge in [0, 0.05) is 0 Å². The number of nitrogens with one attached hydrogen (secondary N) is 3. The minimum absolute atomic E-state index is 0.0144. The second-order valence-electron chi connectivity index (χ2n) is 6.95. The average Bonchev–Trinajstić information content (AvgIpc) is 3.01. The van der Waals surface area contributed by atoms with Crippen LogP contribution in [0.3, 0.4) is 0 Å². The van der Waals surface area contributed by atoms with Crippen molar-refractivity contribution in [1.82, 2.24) is 5.32 Å². The van der Waals surface area contributed by atoms with Gasteiger partial charge < -0.3 is 15.1 Å². The van der Waals surface area contributed by atoms with E-state index in [2.05, 4.69) is 28.9 Å². The molecular weight excluding hydrogens is 308 g/mol. The molecule has 1 aromatic heterocycles. The number of carbonyl (C=O) groups is 1. The highest BCUT2D eigenvalue weighted by molar-refractivity contribution is 7.09. The maximum Gasteiger partial charge on any atom is 0.276 e. The van der Waals surface area contributed by atoms with Gasteiger partial charge in [0.25, 0.3) is 5.91 Å². The number of piperazine rings is 1. The van der Waals surface area contributed by atoms with Crippen LogP contribution in [0, 0.1) is 17.2 Å². The molecule has 0 spiro atoms. The normalized spacial score (nSPS) is 24.0. The minimum atomic E-state index is -0.775. The van der Waals surface area contributed by atoms with E-state index in [0.717, 1.165) is 32.7 Å². The van der Waals surface area contributed by atoms with Crippen molar-refractivity contribution in [2.45, 2.75) is 32.9 Å². The maximum absolute atomic E-state index is 12.2. The van der Waals surface area contributed by atoms with Crippen LogP contribution in [0.25, 0.3) is 0 Å². The number of nitriles is 1. The third-order valence-electron chi connectivity index (χ3n) is 4.87. The Morgan fingerprint density at radius 1 is 1.39 bits per heavy atom. The van der Waals surface area contributed by atoms with E-state index in [1.807, 2.05) is 25.2 Å². The SMILES string of the molecule is CC(C)[C@@](C)(C#N)NC(=O)C[NH+]1CC[NH+](Cc2cccs2)CC1. The van der Waals surface area contributed by atoms with Gasteiger partial charge in [0.1, 0.15) is 38.3 Å². The molecule has 0 bridgehead atoms. The first-order valence-electron chi connectivity index (χ1n) is 8.34. The molecule has 1 aliphatic rings. The Hall–Kier alpha value is -1.42. The van der Waals surface area contributed by atoms with Crippen molar-refractivity contribution >= 4 is 17.2 Å². The molecule has 1 fully saturated rings. The lowest BCUT2D eigenvalue weighted by Gasteiger charge is -2.31. The number of rotatable bonds is 6. The van der Waals surface area contributed by atoms with Gasteiger partial charge >= 0.3 is 0 Å². The van der Waals surface area contributed by atoms with Crippen LogP contribution in [-0.4, -0.2) is 44.2 Å². The molecule has 2 rings (SSSR count). The van der Waals surface area contributed by atoms with Gasteiger partial charge in [-0.2, -0.15) is 5.26 Å². The molecule has 5 nitrogen and oxygen atoms in total. The summed E-state index contributed by atoms with van der Waals surface area (Å²) >= 11 is 1.82. The van der Waals surface area contributed by atoms with Gasteiger partial charge in [0.05, 0.1) is 10.9 Å². The van der Waals surface area contributed by atoms with Gasteiger partial charge in [-0.3, -0.25) is 4.79 Å². The fourth-order valence-electron chi connectivity index (χ4n) is 2.83. The Morgan fingerprint density at radius 2 is 2.04 bits per heavy atom. The number of hydrogen-bond donors (Lipinski definition) is 3. The first-order valence-corrected chi connectivity index (χ1v) is 9.22. The standard InChI is InChI=1S/C17H26N4OS/c1-14(2)17(3,13-18)19-16(22)12-21-8-6-20(7-9-21)11-15-5-4-10-23-15/h4-5,10,14H,6-9,11-12H2,1-3H3,(H,19,22)/p+2/t17-/m1/s1. The molecule has 2 heterocycles. The minimum Gasteiger partial charge on any atom is -0.333 e. The van der Waals surface area contributed by atoms with Crippen LogP contribution in [0.15, 0.2) is 17.5 Å². The number of quaternary nitrogens is 2. The fourth-order valence-corrected chi connectivity index (χ4v) is 3.61. The summed E-state index contributed by atoms with van der Waals surface area (Å²) in [6, 6.07) is 6.53. The zero-order valence-corrected chi connectivity index (χ0v) is 15.1. The highest BCUT2D eigenvalue weighted by Crippen LogP contribution is 2.14. The molecule has 0 aliphatic carbocycles. The van der Waals surface area contributed by atoms with Crippen LogP contribution in [0.1, 0.15) is 25.6 Å². The summed E-state index contributed by atoms with van der Waals surface area (Å²) in [7, 11) is 0. The molecule has 3 N–H and O–H groups in total. The van der Waals surface area contributed by atoms with Gasteiger partial charge in [0.15, 0.2) is 6.54 Å². The Labute approximate surface area is 142 Å². The lowest BCUT2D eigenvalue weighted by atomic mass is 9.90. The van der Waals surface area contributed by atoms with Gasteiger partial charge in [-0.05, 0) is 24.3 Å². The Balaban J connectivity index is 1.75. The second-order valence-corrected chi connectivity index (χ2v) is 7.98. The summed E-state index contributed by atoms with van der Waals surface area (Å²) in [5, 5.41) is 14.3. The van der Waals surface area contributed by atoms with Crippen molar-refractivity contribution < 1.29 is 14.6 Å². The molecule has 23 heavy (non-hydrogen) atoms. The monoisotopic (exact) mass is 336 g/mol. The average molecular weight is 337 g/mol. The van der Waals surface area contributed by atoms with Crippen molar-refractivity contribution in [2.75, 3.05) is 32.7 Å². The molecule has 1 saturated heterocycles. The molecule has 1 aromatic rings. The molecule has 0 radical (unpaired) electrons. The van der Waals surface area contributed by atoms with E-state index in [0.29, 0.717) is 6.54 Å². The lowest BCUT2D eigenvalue weighted by molar-refractivity contribution is -1.01. The van der Waals surface area contributed by atoms with Crippen LogP contribution in [0.4, 0.5) is 0 Å². The molecule has 1 aliphatic heterocycles. The Morgan fingerprint density at radius 3 is 2.57 bits per heavy atom. The van der Waals surface area contributed by atoms with E-state index in [-0.39, 0.29) is 11.8 Å². The third kappa shape index (κ3) is 5.03. The highest BCUT2D eigenvalue weighted by atomic mass is 32.1. The molecule has 126 valence electrons. The maximum atomic E-state index is 12.2. The van der Waals surface area contributed by atoms with Crippen molar-refractivity contribution in [3.05, 3.63) is 22.4 Å². The number of carbonyl (C=O) groups excluding carboxylic acids is 1. The van der Waals surface area contributed by atoms with Crippen LogP contribution in [-0.2, 0) is 11.3 Å². The van der Waals surface area contributed by atoms with E-state index in [9.17, 15) is 10.1 Å². The molecule has 1 amide bonds. The van der Waals surface area contributed by atoms with Crippen molar-refractivity contribution in [1.29, 1.82) is 5.26 Å². The summed E-state index contributed by atoms with van der Waals surface area (Å²) in [5.41, 5.74) is -0.775. The summed E-state index contributed by atoms with van der Waals surface area (Å²) in [4.78, 5) is 16.6. The van der Waals surface area contributed by atoms with Crippen molar-refractivity contribution in [3.8, 4) is 6.07 Å². The van der Waals surface area contributed by atoms with E-state index >= 15 is 0 Å². The molecule has 0 saturated carbocycles. The Bertz CT molecular complexity index is 543. The largest absolute Gasteiger partial charge is 0.333 e. The van der Waals surface area contributed by atoms with Crippen molar-refractivity contribution in [2.24, 2.45) is 5.92 Å². The quantitative estimate of drug-likeness (QED) is 0.630. The fraction of sp³-hybridized carbons (Fsp3) is 0.647. The predicted molar refractivity (Wildman–Crippen MR) is 91.3 cm³/mol. The predicted octanol–water partition coefficient (Wildman–Crippen LogP) is -0.914. The zero-order chi connectivity index (χ0) is 16.9. The Kier molecular flexibility index (Phi) is 6.17. The summed E-state index contributed by atoms with van der Waals surface area (Å²) in [6.45, 7) is 11.5. The topological polar surface area (TPSA) is 61.8 Å². The lowest BCUT2D eigenvalue weighted by Crippen LogP contribution is -3.28. The first-order chi connectivity index (χ1) is 10.9. The van der Waals surface area contributed by atoms with Crippen LogP contribution < -0.4 is 15.1 Å². The molecule has 6 heteroatoms. The van der Waals surface area contributed by atoms with Crippen LogP contribution in [0.5, 0.6) is 0 Å².